The number of morpholine rings is 1. The summed E-state index contributed by atoms with van der Waals surface area (Å²) < 4.78 is 39.1. The number of halogens is 3. The fourth-order valence-electron chi connectivity index (χ4n) is 3.30. The number of rotatable bonds is 7. The highest BCUT2D eigenvalue weighted by Gasteiger charge is 2.39. The van der Waals surface area contributed by atoms with Gasteiger partial charge in [0, 0.05) is 30.2 Å². The van der Waals surface area contributed by atoms with Crippen molar-refractivity contribution in [3.05, 3.63) is 64.7 Å². The summed E-state index contributed by atoms with van der Waals surface area (Å²) in [6.45, 7) is 1.35. The zero-order valence-corrected chi connectivity index (χ0v) is 15.9. The topological polar surface area (TPSA) is 64.8 Å². The Hall–Kier alpha value is -2.22. The van der Waals surface area contributed by atoms with Crippen LogP contribution in [0.3, 0.4) is 0 Å². The van der Waals surface area contributed by atoms with Crippen LogP contribution in [-0.4, -0.2) is 42.7 Å². The summed E-state index contributed by atoms with van der Waals surface area (Å²) in [7, 11) is 0. The van der Waals surface area contributed by atoms with E-state index in [4.69, 9.17) is 26.8 Å². The van der Waals surface area contributed by atoms with E-state index in [2.05, 4.69) is 0 Å². The monoisotopic (exact) mass is 410 g/mol. The second-order valence-corrected chi connectivity index (χ2v) is 7.30. The highest BCUT2D eigenvalue weighted by molar-refractivity contribution is 6.30. The molecule has 0 aliphatic carbocycles. The van der Waals surface area contributed by atoms with E-state index in [-0.39, 0.29) is 31.7 Å². The number of nitrogens with zero attached hydrogens (tertiary/aromatic N) is 1. The van der Waals surface area contributed by atoms with Crippen molar-refractivity contribution in [1.82, 2.24) is 4.90 Å². The lowest BCUT2D eigenvalue weighted by Crippen LogP contribution is -2.56. The molecule has 1 saturated heterocycles. The third-order valence-electron chi connectivity index (χ3n) is 4.52. The van der Waals surface area contributed by atoms with Gasteiger partial charge in [-0.3, -0.25) is 9.69 Å². The molecule has 1 atom stereocenters. The maximum Gasteiger partial charge on any atom is 0.220 e. The van der Waals surface area contributed by atoms with Gasteiger partial charge < -0.3 is 15.2 Å². The van der Waals surface area contributed by atoms with Gasteiger partial charge in [-0.1, -0.05) is 17.7 Å². The van der Waals surface area contributed by atoms with Gasteiger partial charge in [0.1, 0.15) is 29.6 Å². The van der Waals surface area contributed by atoms with Crippen molar-refractivity contribution in [2.24, 2.45) is 5.73 Å². The SMILES string of the molecule is NC(=O)CC1(COc2cccc(Cl)c2)CN(Cc2cc(F)ccc2F)CCO1. The molecule has 0 bridgehead atoms. The highest BCUT2D eigenvalue weighted by atomic mass is 35.5. The molecule has 0 spiro atoms. The van der Waals surface area contributed by atoms with E-state index >= 15 is 0 Å². The molecule has 5 nitrogen and oxygen atoms in total. The first kappa shape index (κ1) is 20.5. The van der Waals surface area contributed by atoms with Crippen molar-refractivity contribution in [3.63, 3.8) is 0 Å². The van der Waals surface area contributed by atoms with E-state index in [1.807, 2.05) is 4.90 Å². The van der Waals surface area contributed by atoms with Crippen molar-refractivity contribution in [3.8, 4) is 5.75 Å². The van der Waals surface area contributed by atoms with Gasteiger partial charge in [-0.05, 0) is 36.4 Å². The Bertz CT molecular complexity index is 852. The van der Waals surface area contributed by atoms with Crippen LogP contribution in [0.4, 0.5) is 8.78 Å². The average molecular weight is 411 g/mol. The summed E-state index contributed by atoms with van der Waals surface area (Å²) in [4.78, 5) is 13.5. The summed E-state index contributed by atoms with van der Waals surface area (Å²) >= 11 is 5.97. The molecule has 8 heteroatoms. The normalized spacial score (nSPS) is 20.1. The summed E-state index contributed by atoms with van der Waals surface area (Å²) in [5, 5.41) is 0.522. The van der Waals surface area contributed by atoms with Crippen molar-refractivity contribution in [2.45, 2.75) is 18.6 Å². The third kappa shape index (κ3) is 5.41. The van der Waals surface area contributed by atoms with Gasteiger partial charge in [-0.25, -0.2) is 8.78 Å². The molecule has 150 valence electrons. The molecule has 1 heterocycles. The minimum atomic E-state index is -0.990. The van der Waals surface area contributed by atoms with E-state index < -0.39 is 23.1 Å². The second kappa shape index (κ2) is 8.86. The van der Waals surface area contributed by atoms with Crippen molar-refractivity contribution in [2.75, 3.05) is 26.3 Å². The van der Waals surface area contributed by atoms with E-state index in [9.17, 15) is 13.6 Å². The summed E-state index contributed by atoms with van der Waals surface area (Å²) in [6.07, 6.45) is -0.0598. The first-order valence-electron chi connectivity index (χ1n) is 8.82. The van der Waals surface area contributed by atoms with Crippen LogP contribution < -0.4 is 10.5 Å². The van der Waals surface area contributed by atoms with Crippen molar-refractivity contribution in [1.29, 1.82) is 0 Å². The maximum atomic E-state index is 14.0. The molecule has 0 saturated carbocycles. The Morgan fingerprint density at radius 2 is 2.11 bits per heavy atom. The van der Waals surface area contributed by atoms with E-state index in [0.29, 0.717) is 23.9 Å². The van der Waals surface area contributed by atoms with Gasteiger partial charge in [-0.15, -0.1) is 0 Å². The highest BCUT2D eigenvalue weighted by Crippen LogP contribution is 2.26. The second-order valence-electron chi connectivity index (χ2n) is 6.87. The molecule has 1 amide bonds. The molecule has 28 heavy (non-hydrogen) atoms. The van der Waals surface area contributed by atoms with Crippen LogP contribution in [-0.2, 0) is 16.1 Å². The molecule has 1 aliphatic heterocycles. The number of carbonyl (C=O) groups excluding carboxylic acids is 1. The smallest absolute Gasteiger partial charge is 0.220 e. The molecule has 2 aromatic rings. The lowest BCUT2D eigenvalue weighted by atomic mass is 9.97. The quantitative estimate of drug-likeness (QED) is 0.761. The Labute approximate surface area is 167 Å². The summed E-state index contributed by atoms with van der Waals surface area (Å²) in [5.74, 6) is -0.984. The first-order chi connectivity index (χ1) is 13.3. The predicted octanol–water partition coefficient (Wildman–Crippen LogP) is 3.14. The molecule has 1 unspecified atom stereocenters. The molecular formula is C20H21ClF2N2O3. The Kier molecular flexibility index (Phi) is 6.49. The van der Waals surface area contributed by atoms with Gasteiger partial charge in [0.15, 0.2) is 0 Å². The standard InChI is InChI=1S/C20H21ClF2N2O3/c21-15-2-1-3-17(9-15)27-13-20(10-19(24)26)12-25(6-7-28-20)11-14-8-16(22)4-5-18(14)23/h1-5,8-9H,6-7,10-13H2,(H2,24,26). The van der Waals surface area contributed by atoms with E-state index in [0.717, 1.165) is 12.1 Å². The van der Waals surface area contributed by atoms with Crippen LogP contribution in [0.5, 0.6) is 5.75 Å². The average Bonchev–Trinajstić information content (AvgIpc) is 2.63. The zero-order valence-electron chi connectivity index (χ0n) is 15.2. The molecule has 0 radical (unpaired) electrons. The third-order valence-corrected chi connectivity index (χ3v) is 4.76. The van der Waals surface area contributed by atoms with Gasteiger partial charge in [0.2, 0.25) is 5.91 Å². The van der Waals surface area contributed by atoms with E-state index in [1.54, 1.807) is 24.3 Å². The number of hydrogen-bond acceptors (Lipinski definition) is 4. The van der Waals surface area contributed by atoms with Crippen LogP contribution in [0.2, 0.25) is 5.02 Å². The number of carbonyl (C=O) groups is 1. The van der Waals surface area contributed by atoms with Crippen molar-refractivity contribution >= 4 is 17.5 Å². The maximum absolute atomic E-state index is 14.0. The predicted molar refractivity (Wildman–Crippen MR) is 101 cm³/mol. The van der Waals surface area contributed by atoms with Crippen LogP contribution >= 0.6 is 11.6 Å². The minimum Gasteiger partial charge on any atom is -0.490 e. The molecule has 0 aromatic heterocycles. The molecule has 1 fully saturated rings. The summed E-state index contributed by atoms with van der Waals surface area (Å²) in [5.41, 5.74) is 4.67. The number of primary amides is 1. The van der Waals surface area contributed by atoms with Crippen LogP contribution in [0.1, 0.15) is 12.0 Å². The molecular weight excluding hydrogens is 390 g/mol. The number of nitrogens with two attached hydrogens (primary N) is 1. The minimum absolute atomic E-state index is 0.0598. The van der Waals surface area contributed by atoms with Gasteiger partial charge in [0.05, 0.1) is 13.0 Å². The first-order valence-corrected chi connectivity index (χ1v) is 9.20. The largest absolute Gasteiger partial charge is 0.490 e. The Morgan fingerprint density at radius 3 is 2.86 bits per heavy atom. The van der Waals surface area contributed by atoms with Crippen LogP contribution in [0.15, 0.2) is 42.5 Å². The lowest BCUT2D eigenvalue weighted by Gasteiger charge is -2.42. The molecule has 2 N–H and O–H groups in total. The van der Waals surface area contributed by atoms with E-state index in [1.165, 1.54) is 6.07 Å². The number of amides is 1. The number of benzene rings is 2. The number of hydrogen-bond donors (Lipinski definition) is 1. The Balaban J connectivity index is 1.74. The molecule has 1 aliphatic rings. The van der Waals surface area contributed by atoms with Crippen molar-refractivity contribution < 1.29 is 23.0 Å². The fourth-order valence-corrected chi connectivity index (χ4v) is 3.48. The number of ether oxygens (including phenoxy) is 2. The van der Waals surface area contributed by atoms with Gasteiger partial charge in [0.25, 0.3) is 0 Å². The lowest BCUT2D eigenvalue weighted by molar-refractivity contribution is -0.148. The molecule has 3 rings (SSSR count). The zero-order chi connectivity index (χ0) is 20.1. The molecule has 2 aromatic carbocycles. The summed E-state index contributed by atoms with van der Waals surface area (Å²) in [6, 6.07) is 10.2. The van der Waals surface area contributed by atoms with Crippen LogP contribution in [0, 0.1) is 11.6 Å². The van der Waals surface area contributed by atoms with Gasteiger partial charge >= 0.3 is 0 Å². The fraction of sp³-hybridized carbons (Fsp3) is 0.350. The van der Waals surface area contributed by atoms with Gasteiger partial charge in [-0.2, -0.15) is 0 Å². The van der Waals surface area contributed by atoms with Crippen LogP contribution in [0.25, 0.3) is 0 Å². The Morgan fingerprint density at radius 1 is 1.29 bits per heavy atom.